The lowest BCUT2D eigenvalue weighted by molar-refractivity contribution is 0.0980. The zero-order chi connectivity index (χ0) is 28.9. The first-order chi connectivity index (χ1) is 19.0. The summed E-state index contributed by atoms with van der Waals surface area (Å²) in [5, 5.41) is 0. The fourth-order valence-electron chi connectivity index (χ4n) is 4.63. The van der Waals surface area contributed by atoms with Gasteiger partial charge < -0.3 is 4.74 Å². The largest absolute Gasteiger partial charge is 0.493 e. The molecule has 5 nitrogen and oxygen atoms in total. The maximum Gasteiger partial charge on any atom is 0.265 e. The molecule has 0 aliphatic heterocycles. The quantitative estimate of drug-likeness (QED) is 0.236. The van der Waals surface area contributed by atoms with Crippen molar-refractivity contribution in [3.63, 3.8) is 0 Å². The highest BCUT2D eigenvalue weighted by Crippen LogP contribution is 2.33. The summed E-state index contributed by atoms with van der Waals surface area (Å²) in [5.41, 5.74) is 6.07. The molecule has 0 aromatic heterocycles. The van der Waals surface area contributed by atoms with E-state index in [0.29, 0.717) is 25.0 Å². The fourth-order valence-corrected chi connectivity index (χ4v) is 5.60. The average Bonchev–Trinajstić information content (AvgIpc) is 2.93. The van der Waals surface area contributed by atoms with Crippen molar-refractivity contribution in [1.29, 1.82) is 0 Å². The molecular formula is C34H37NO4S. The Morgan fingerprint density at radius 1 is 0.850 bits per heavy atom. The molecule has 0 unspecified atom stereocenters. The second-order valence-corrected chi connectivity index (χ2v) is 12.7. The number of sulfonamides is 1. The maximum atomic E-state index is 13.4. The molecule has 4 aromatic carbocycles. The first kappa shape index (κ1) is 29.1. The number of carbonyl (C=O) groups is 1. The molecule has 0 saturated carbocycles. The van der Waals surface area contributed by atoms with E-state index in [9.17, 15) is 13.2 Å². The summed E-state index contributed by atoms with van der Waals surface area (Å²) in [4.78, 5) is 13.5. The van der Waals surface area contributed by atoms with Crippen LogP contribution in [0.15, 0.2) is 95.9 Å². The third-order valence-corrected chi connectivity index (χ3v) is 8.23. The van der Waals surface area contributed by atoms with Crippen LogP contribution in [0.2, 0.25) is 0 Å². The molecule has 1 N–H and O–H groups in total. The summed E-state index contributed by atoms with van der Waals surface area (Å²) in [6.07, 6.45) is 1.27. The van der Waals surface area contributed by atoms with Crippen LogP contribution in [-0.2, 0) is 28.3 Å². The number of benzene rings is 4. The van der Waals surface area contributed by atoms with Crippen LogP contribution in [0.5, 0.6) is 5.75 Å². The van der Waals surface area contributed by atoms with Gasteiger partial charge in [0.15, 0.2) is 0 Å². The van der Waals surface area contributed by atoms with Crippen molar-refractivity contribution in [2.75, 3.05) is 6.61 Å². The molecule has 6 heteroatoms. The first-order valence-corrected chi connectivity index (χ1v) is 15.0. The van der Waals surface area contributed by atoms with Gasteiger partial charge in [0.25, 0.3) is 15.9 Å². The van der Waals surface area contributed by atoms with Crippen LogP contribution in [-0.4, -0.2) is 20.9 Å². The normalized spacial score (nSPS) is 11.7. The van der Waals surface area contributed by atoms with E-state index < -0.39 is 15.9 Å². The van der Waals surface area contributed by atoms with Crippen molar-refractivity contribution in [1.82, 2.24) is 4.72 Å². The van der Waals surface area contributed by atoms with Crippen LogP contribution in [0.1, 0.15) is 60.3 Å². The highest BCUT2D eigenvalue weighted by Gasteiger charge is 2.23. The van der Waals surface area contributed by atoms with Crippen LogP contribution in [0.3, 0.4) is 0 Å². The topological polar surface area (TPSA) is 72.5 Å². The predicted molar refractivity (Wildman–Crippen MR) is 161 cm³/mol. The number of carbonyl (C=O) groups excluding carboxylic acids is 1. The highest BCUT2D eigenvalue weighted by molar-refractivity contribution is 7.90. The summed E-state index contributed by atoms with van der Waals surface area (Å²) >= 11 is 0. The standard InChI is InChI=1S/C34H37NO4S/c1-6-39-32-21-12-24(2)22-31(32)27-15-20-30(26(23-27)14-13-25-10-8-7-9-11-25)33(36)35-40(37,38)29-18-16-28(17-19-29)34(3,4)5/h7-12,15-23H,6,13-14H2,1-5H3,(H,35,36). The minimum absolute atomic E-state index is 0.0532. The third kappa shape index (κ3) is 6.99. The molecule has 0 radical (unpaired) electrons. The van der Waals surface area contributed by atoms with E-state index in [-0.39, 0.29) is 10.3 Å². The Kier molecular flexibility index (Phi) is 8.79. The smallest absolute Gasteiger partial charge is 0.265 e. The summed E-state index contributed by atoms with van der Waals surface area (Å²) < 4.78 is 34.5. The van der Waals surface area contributed by atoms with Gasteiger partial charge in [-0.05, 0) is 84.7 Å². The van der Waals surface area contributed by atoms with Crippen molar-refractivity contribution in [3.05, 3.63) is 119 Å². The van der Waals surface area contributed by atoms with Crippen LogP contribution in [0, 0.1) is 6.92 Å². The lowest BCUT2D eigenvalue weighted by Gasteiger charge is -2.19. The van der Waals surface area contributed by atoms with Crippen molar-refractivity contribution in [3.8, 4) is 16.9 Å². The van der Waals surface area contributed by atoms with E-state index in [1.54, 1.807) is 30.3 Å². The van der Waals surface area contributed by atoms with Crippen LogP contribution in [0.25, 0.3) is 11.1 Å². The summed E-state index contributed by atoms with van der Waals surface area (Å²) in [6, 6.07) is 28.2. The van der Waals surface area contributed by atoms with E-state index >= 15 is 0 Å². The average molecular weight is 556 g/mol. The number of rotatable bonds is 9. The predicted octanol–water partition coefficient (Wildman–Crippen LogP) is 7.26. The van der Waals surface area contributed by atoms with Crippen molar-refractivity contribution < 1.29 is 17.9 Å². The molecule has 0 saturated heterocycles. The summed E-state index contributed by atoms with van der Waals surface area (Å²) in [5.74, 6) is 0.115. The molecular weight excluding hydrogens is 518 g/mol. The molecule has 4 aromatic rings. The van der Waals surface area contributed by atoms with Gasteiger partial charge in [0, 0.05) is 11.1 Å². The Hall–Kier alpha value is -3.90. The molecule has 0 heterocycles. The SMILES string of the molecule is CCOc1ccc(C)cc1-c1ccc(C(=O)NS(=O)(=O)c2ccc(C(C)(C)C)cc2)c(CCc2ccccc2)c1. The van der Waals surface area contributed by atoms with Gasteiger partial charge in [-0.1, -0.05) is 87.0 Å². The zero-order valence-electron chi connectivity index (χ0n) is 23.8. The number of amides is 1. The Morgan fingerprint density at radius 2 is 1.55 bits per heavy atom. The Labute approximate surface area is 238 Å². The molecule has 40 heavy (non-hydrogen) atoms. The Bertz CT molecular complexity index is 1590. The number of nitrogens with one attached hydrogen (secondary N) is 1. The Balaban J connectivity index is 1.69. The highest BCUT2D eigenvalue weighted by atomic mass is 32.2. The second-order valence-electron chi connectivity index (χ2n) is 11.0. The zero-order valence-corrected chi connectivity index (χ0v) is 24.6. The fraction of sp³-hybridized carbons (Fsp3) is 0.265. The number of aryl methyl sites for hydroxylation is 3. The van der Waals surface area contributed by atoms with Gasteiger partial charge in [0.05, 0.1) is 11.5 Å². The van der Waals surface area contributed by atoms with Gasteiger partial charge in [-0.15, -0.1) is 0 Å². The second kappa shape index (κ2) is 12.1. The van der Waals surface area contributed by atoms with Gasteiger partial charge in [-0.3, -0.25) is 4.79 Å². The number of ether oxygens (including phenoxy) is 1. The monoisotopic (exact) mass is 555 g/mol. The maximum absolute atomic E-state index is 13.4. The summed E-state index contributed by atoms with van der Waals surface area (Å²) in [6.45, 7) is 10.7. The van der Waals surface area contributed by atoms with Crippen molar-refractivity contribution in [2.45, 2.75) is 57.8 Å². The van der Waals surface area contributed by atoms with Crippen LogP contribution >= 0.6 is 0 Å². The van der Waals surface area contributed by atoms with Crippen molar-refractivity contribution in [2.24, 2.45) is 0 Å². The van der Waals surface area contributed by atoms with Gasteiger partial charge in [0.2, 0.25) is 0 Å². The van der Waals surface area contributed by atoms with E-state index in [4.69, 9.17) is 4.74 Å². The van der Waals surface area contributed by atoms with Crippen LogP contribution < -0.4 is 9.46 Å². The van der Waals surface area contributed by atoms with Gasteiger partial charge in [-0.25, -0.2) is 13.1 Å². The Morgan fingerprint density at radius 3 is 2.20 bits per heavy atom. The van der Waals surface area contributed by atoms with E-state index in [2.05, 4.69) is 31.6 Å². The molecule has 0 atom stereocenters. The van der Waals surface area contributed by atoms with E-state index in [1.807, 2.05) is 68.4 Å². The molecule has 0 bridgehead atoms. The van der Waals surface area contributed by atoms with Gasteiger partial charge in [-0.2, -0.15) is 0 Å². The first-order valence-electron chi connectivity index (χ1n) is 13.6. The molecule has 208 valence electrons. The lowest BCUT2D eigenvalue weighted by atomic mass is 9.87. The molecule has 0 fully saturated rings. The molecule has 4 rings (SSSR count). The third-order valence-electron chi connectivity index (χ3n) is 6.88. The minimum Gasteiger partial charge on any atom is -0.493 e. The minimum atomic E-state index is -4.06. The lowest BCUT2D eigenvalue weighted by Crippen LogP contribution is -2.31. The molecule has 1 amide bonds. The molecule has 0 aliphatic rings. The van der Waals surface area contributed by atoms with Crippen LogP contribution in [0.4, 0.5) is 0 Å². The van der Waals surface area contributed by atoms with Crippen molar-refractivity contribution >= 4 is 15.9 Å². The summed E-state index contributed by atoms with van der Waals surface area (Å²) in [7, 11) is -4.06. The van der Waals surface area contributed by atoms with Gasteiger partial charge in [0.1, 0.15) is 5.75 Å². The number of hydrogen-bond acceptors (Lipinski definition) is 4. The van der Waals surface area contributed by atoms with Gasteiger partial charge >= 0.3 is 0 Å². The number of hydrogen-bond donors (Lipinski definition) is 1. The van der Waals surface area contributed by atoms with E-state index in [0.717, 1.165) is 39.1 Å². The van der Waals surface area contributed by atoms with E-state index in [1.165, 1.54) is 0 Å². The molecule has 0 aliphatic carbocycles. The molecule has 0 spiro atoms.